The van der Waals surface area contributed by atoms with Crippen LogP contribution in [0, 0.1) is 19.7 Å². The van der Waals surface area contributed by atoms with Gasteiger partial charge in [0.15, 0.2) is 5.83 Å². The number of methoxy groups -OCH3 is 1. The van der Waals surface area contributed by atoms with E-state index >= 15 is 0 Å². The Balaban J connectivity index is 0.000000150. The van der Waals surface area contributed by atoms with E-state index in [0.29, 0.717) is 164 Å². The van der Waals surface area contributed by atoms with Crippen LogP contribution in [0.15, 0.2) is 146 Å². The number of aliphatic hydroxyl groups is 1. The van der Waals surface area contributed by atoms with Crippen LogP contribution in [0.1, 0.15) is 73.8 Å². The minimum absolute atomic E-state index is 0.0256. The molecule has 138 heavy (non-hydrogen) atoms. The minimum atomic E-state index is -1.29. The van der Waals surface area contributed by atoms with Crippen LogP contribution in [0.25, 0.3) is 46.9 Å². The lowest BCUT2D eigenvalue weighted by Gasteiger charge is -2.41. The van der Waals surface area contributed by atoms with Crippen molar-refractivity contribution in [3.05, 3.63) is 229 Å². The molecule has 3 unspecified atom stereocenters. The molecule has 0 aliphatic carbocycles. The predicted octanol–water partition coefficient (Wildman–Crippen LogP) is 14.0. The molecule has 3 amide bonds. The fourth-order valence-electron chi connectivity index (χ4n) is 21.1. The number of ether oxygens (including phenoxy) is 4. The molecule has 6 saturated heterocycles. The van der Waals surface area contributed by atoms with Gasteiger partial charge in [0.25, 0.3) is 5.91 Å². The Morgan fingerprint density at radius 2 is 0.768 bits per heavy atom. The molecule has 0 bridgehead atoms. The van der Waals surface area contributed by atoms with E-state index in [1.54, 1.807) is 43.8 Å². The molecule has 12 heterocycles. The van der Waals surface area contributed by atoms with E-state index in [9.17, 15) is 31.9 Å². The summed E-state index contributed by atoms with van der Waals surface area (Å²) < 4.78 is 81.8. The Hall–Kier alpha value is -12.0. The first-order valence-electron chi connectivity index (χ1n) is 46.8. The van der Waals surface area contributed by atoms with E-state index in [-0.39, 0.29) is 113 Å². The monoisotopic (exact) mass is 1940 g/mol. The van der Waals surface area contributed by atoms with Gasteiger partial charge in [-0.25, -0.2) is 37.3 Å². The summed E-state index contributed by atoms with van der Waals surface area (Å²) >= 11 is 20.1. The van der Waals surface area contributed by atoms with Crippen molar-refractivity contribution >= 4 is 119 Å². The Labute approximate surface area is 817 Å². The van der Waals surface area contributed by atoms with Gasteiger partial charge in [0.2, 0.25) is 31.4 Å². The minimum Gasteiger partial charge on any atom is -0.462 e. The van der Waals surface area contributed by atoms with Gasteiger partial charge in [-0.15, -0.1) is 0 Å². The lowest BCUT2D eigenvalue weighted by molar-refractivity contribution is -0.131. The zero-order valence-electron chi connectivity index (χ0n) is 78.8. The first-order valence-corrected chi connectivity index (χ1v) is 48.0. The molecule has 0 spiro atoms. The molecule has 6 aromatic carbocycles. The number of rotatable bonds is 24. The maximum absolute atomic E-state index is 14.8. The summed E-state index contributed by atoms with van der Waals surface area (Å²) in [4.78, 5) is 103. The molecule has 3 aromatic heterocycles. The number of aliphatic hydroxyl groups excluding tert-OH is 1. The molecule has 9 aliphatic heterocycles. The third-order valence-corrected chi connectivity index (χ3v) is 28.5. The molecule has 0 radical (unpaired) electrons. The van der Waals surface area contributed by atoms with Crippen molar-refractivity contribution in [3.63, 3.8) is 0 Å². The van der Waals surface area contributed by atoms with Gasteiger partial charge in [0.1, 0.15) is 72.4 Å². The third-order valence-electron chi connectivity index (χ3n) is 27.6. The van der Waals surface area contributed by atoms with E-state index in [1.165, 1.54) is 23.1 Å². The maximum Gasteiger partial charge on any atom is 0.318 e. The van der Waals surface area contributed by atoms with Crippen LogP contribution >= 0.6 is 34.8 Å². The lowest BCUT2D eigenvalue weighted by atomic mass is 10.0. The number of alkyl halides is 3. The highest BCUT2D eigenvalue weighted by molar-refractivity contribution is 6.37. The molecule has 29 nitrogen and oxygen atoms in total. The standard InChI is InChI=1S/C35H41ClFN7O3.C34H39ClFN7O3.C33H36ClF2N7O2/c1-35(37)18-25(41(3)23-35)22-47-34-39-29-21-42(30-11-6-9-24-8-5-10-28(36)32(24)30)14-13-27(29)33(40-34)43-15-16-44(26(20-43)19-38-2)31(45)12-7-17-46-4;1-34(36)17-24(40(3)22-34)21-46-33-38-28-20-41(29-10-5-8-23-7-4-9-27(35)31(23)29)13-12-26(28)32(39-33)42-14-15-43(25(19-42)18-37-2)30(45)11-6-16-44;1-21(35)31(44)43-14-13-42(17-24(43)16-37-3)30-25-11-12-41(28-10-6-8-22-7-5-9-26(34)29(22)28)18-27(25)38-32(39-30)45-19-23-15-33(2,36)20-40(23)4/h5-12,25-26H,13-23H2,1,3-4H3;4-11,24-25,44H,12-22H2,1,3H3;5-10,23-24H,1,11-20H2,2,4H3/b12-7+;11-6+;/t25-,26-,35?;24-,25-,34?;23-,24-,33?/m000/s1. The highest BCUT2D eigenvalue weighted by Gasteiger charge is 2.45. The molecule has 726 valence electrons. The summed E-state index contributed by atoms with van der Waals surface area (Å²) in [7, 11) is 7.28. The number of likely N-dealkylation sites (N-methyl/N-ethyl adjacent to an activating group) is 3. The highest BCUT2D eigenvalue weighted by atomic mass is 35.5. The number of hydrogen-bond acceptors (Lipinski definition) is 23. The van der Waals surface area contributed by atoms with Crippen LogP contribution in [0.5, 0.6) is 18.0 Å². The number of benzene rings is 6. The average molecular weight is 1950 g/mol. The number of halogens is 7. The summed E-state index contributed by atoms with van der Waals surface area (Å²) in [6, 6.07) is 35.4. The number of anilines is 6. The van der Waals surface area contributed by atoms with Crippen molar-refractivity contribution in [2.24, 2.45) is 0 Å². The van der Waals surface area contributed by atoms with E-state index in [1.807, 2.05) is 107 Å². The van der Waals surface area contributed by atoms with Crippen molar-refractivity contribution in [1.29, 1.82) is 0 Å². The second kappa shape index (κ2) is 43.2. The van der Waals surface area contributed by atoms with Crippen LogP contribution in [0.3, 0.4) is 0 Å². The fraction of sp³-hybridized carbons (Fsp3) is 0.471. The number of nitrogens with zero attached hydrogens (tertiary/aromatic N) is 21. The molecular weight excluding hydrogens is 1830 g/mol. The first kappa shape index (κ1) is 99.1. The van der Waals surface area contributed by atoms with Gasteiger partial charge in [-0.05, 0) is 114 Å². The molecule has 1 N–H and O–H groups in total. The van der Waals surface area contributed by atoms with Crippen molar-refractivity contribution in [3.8, 4) is 18.0 Å². The summed E-state index contributed by atoms with van der Waals surface area (Å²) in [6.07, 6.45) is 9.11. The Kier molecular flexibility index (Phi) is 31.0. The Bertz CT molecular complexity index is 6200. The van der Waals surface area contributed by atoms with Gasteiger partial charge >= 0.3 is 18.0 Å². The summed E-state index contributed by atoms with van der Waals surface area (Å²) in [6.45, 7) is 40.3. The second-order valence-corrected chi connectivity index (χ2v) is 39.1. The maximum atomic E-state index is 14.8. The lowest BCUT2D eigenvalue weighted by Crippen LogP contribution is -2.57. The number of aromatic nitrogens is 6. The van der Waals surface area contributed by atoms with Gasteiger partial charge < -0.3 is 82.7 Å². The summed E-state index contributed by atoms with van der Waals surface area (Å²) in [5.41, 5.74) is 4.80. The number of likely N-dealkylation sites (tertiary alicyclic amines) is 3. The smallest absolute Gasteiger partial charge is 0.318 e. The van der Waals surface area contributed by atoms with E-state index in [4.69, 9.17) is 108 Å². The normalized spacial score (nSPS) is 23.5. The quantitative estimate of drug-likeness (QED) is 0.0336. The summed E-state index contributed by atoms with van der Waals surface area (Å²) in [5.74, 6) is 0.0220. The fourth-order valence-corrected chi connectivity index (χ4v) is 21.9. The molecule has 6 fully saturated rings. The number of carbonyl (C=O) groups excluding carboxylic acids is 3. The Morgan fingerprint density at radius 1 is 0.457 bits per heavy atom. The number of amides is 3. The molecule has 36 heteroatoms. The van der Waals surface area contributed by atoms with Gasteiger partial charge in [0.05, 0.1) is 65.0 Å². The van der Waals surface area contributed by atoms with Crippen LogP contribution in [-0.2, 0) is 58.0 Å². The van der Waals surface area contributed by atoms with E-state index in [0.717, 1.165) is 108 Å². The topological polar surface area (TPSA) is 238 Å². The van der Waals surface area contributed by atoms with Crippen molar-refractivity contribution in [1.82, 2.24) is 59.3 Å². The zero-order chi connectivity index (χ0) is 97.4. The number of hydrogen-bond donors (Lipinski definition) is 1. The van der Waals surface area contributed by atoms with Crippen LogP contribution in [-0.4, -0.2) is 314 Å². The number of fused-ring (bicyclic) bond motifs is 6. The molecule has 0 saturated carbocycles. The molecule has 9 aromatic rings. The number of piperazine rings is 3. The molecule has 18 rings (SSSR count). The summed E-state index contributed by atoms with van der Waals surface area (Å²) in [5, 5.41) is 17.4. The zero-order valence-corrected chi connectivity index (χ0v) is 81.1. The largest absolute Gasteiger partial charge is 0.462 e. The van der Waals surface area contributed by atoms with E-state index in [2.05, 4.69) is 88.1 Å². The van der Waals surface area contributed by atoms with Crippen LogP contribution < -0.4 is 43.6 Å². The van der Waals surface area contributed by atoms with Crippen LogP contribution in [0.2, 0.25) is 15.1 Å². The van der Waals surface area contributed by atoms with Crippen molar-refractivity contribution in [2.75, 3.05) is 208 Å². The first-order chi connectivity index (χ1) is 66.4. The predicted molar refractivity (Wildman–Crippen MR) is 530 cm³/mol. The highest BCUT2D eigenvalue weighted by Crippen LogP contribution is 2.44. The SMILES string of the molecule is [C-]#[N+]C[C@H]1CN(c2nc(OC[C@@H]3CC(C)(F)CN3C)nc3c2CCN(c2cccc4cccc(Cl)c24)C3)CCN1C(=O)/C=C/CO.[C-]#[N+]C[C@H]1CN(c2nc(OC[C@@H]3CC(C)(F)CN3C)nc3c2CCN(c2cccc4cccc(Cl)c24)C3)CCN1C(=O)/C=C/COC.[C-]#[N+]C[C@H]1CN(c2nc(OC[C@@H]3CC(C)(F)CN3C)nc3c2CCN(c2cccc4cccc(Cl)c24)C3)CCN1C(=O)C(=C)F. The van der Waals surface area contributed by atoms with Gasteiger partial charge in [-0.1, -0.05) is 126 Å². The third kappa shape index (κ3) is 22.5. The Morgan fingerprint density at radius 3 is 1.07 bits per heavy atom. The van der Waals surface area contributed by atoms with Crippen molar-refractivity contribution < 1.29 is 56.0 Å². The second-order valence-electron chi connectivity index (χ2n) is 37.8. The average Bonchev–Trinajstić information content (AvgIpc) is 1.35. The van der Waals surface area contributed by atoms with Gasteiger partial charge in [-0.2, -0.15) is 29.9 Å². The number of carbonyl (C=O) groups is 3. The molecular formula is C102H116Cl3F4N21O8. The van der Waals surface area contributed by atoms with E-state index < -0.39 is 34.8 Å². The van der Waals surface area contributed by atoms with Crippen LogP contribution in [0.4, 0.5) is 52.1 Å². The van der Waals surface area contributed by atoms with Crippen molar-refractivity contribution in [2.45, 2.75) is 132 Å². The van der Waals surface area contributed by atoms with Gasteiger partial charge in [-0.3, -0.25) is 29.1 Å². The molecule has 9 aliphatic rings. The molecule has 9 atom stereocenters. The van der Waals surface area contributed by atoms with Gasteiger partial charge in [0, 0.05) is 205 Å².